The molecule has 1 amide bonds. The van der Waals surface area contributed by atoms with Crippen molar-refractivity contribution in [2.45, 2.75) is 13.3 Å². The molecule has 2 aromatic carbocycles. The van der Waals surface area contributed by atoms with Crippen molar-refractivity contribution in [3.05, 3.63) is 63.4 Å². The van der Waals surface area contributed by atoms with Crippen molar-refractivity contribution in [2.75, 3.05) is 12.3 Å². The molecule has 0 atom stereocenters. The first kappa shape index (κ1) is 15.5. The maximum atomic E-state index is 12.8. The van der Waals surface area contributed by atoms with E-state index in [1.165, 1.54) is 12.1 Å². The number of nitrogens with one attached hydrogen (secondary N) is 1. The van der Waals surface area contributed by atoms with Gasteiger partial charge in [-0.2, -0.15) is 0 Å². The molecule has 21 heavy (non-hydrogen) atoms. The number of amides is 1. The van der Waals surface area contributed by atoms with Crippen molar-refractivity contribution in [3.8, 4) is 0 Å². The van der Waals surface area contributed by atoms with Crippen LogP contribution in [-0.4, -0.2) is 12.5 Å². The summed E-state index contributed by atoms with van der Waals surface area (Å²) in [6.45, 7) is 2.30. The van der Waals surface area contributed by atoms with Crippen LogP contribution in [0.15, 0.2) is 40.9 Å². The van der Waals surface area contributed by atoms with E-state index in [0.717, 1.165) is 15.6 Å². The first-order valence-electron chi connectivity index (χ1n) is 6.55. The number of benzene rings is 2. The fourth-order valence-electron chi connectivity index (χ4n) is 2.00. The highest BCUT2D eigenvalue weighted by molar-refractivity contribution is 9.10. The minimum absolute atomic E-state index is 0.164. The molecule has 2 aromatic rings. The molecule has 3 nitrogen and oxygen atoms in total. The Morgan fingerprint density at radius 1 is 1.29 bits per heavy atom. The van der Waals surface area contributed by atoms with Crippen LogP contribution in [0, 0.1) is 12.7 Å². The van der Waals surface area contributed by atoms with E-state index in [0.29, 0.717) is 24.2 Å². The fourth-order valence-corrected chi connectivity index (χ4v) is 2.48. The Hall–Kier alpha value is -1.88. The van der Waals surface area contributed by atoms with Gasteiger partial charge >= 0.3 is 0 Å². The summed E-state index contributed by atoms with van der Waals surface area (Å²) < 4.78 is 13.6. The molecule has 0 aliphatic rings. The monoisotopic (exact) mass is 350 g/mol. The molecule has 5 heteroatoms. The second-order valence-corrected chi connectivity index (χ2v) is 5.72. The molecule has 0 spiro atoms. The molecular formula is C16H16BrFN2O. The van der Waals surface area contributed by atoms with Crippen molar-refractivity contribution in [2.24, 2.45) is 0 Å². The molecule has 2 rings (SSSR count). The molecule has 0 fully saturated rings. The summed E-state index contributed by atoms with van der Waals surface area (Å²) in [5.74, 6) is -0.425. The largest absolute Gasteiger partial charge is 0.398 e. The predicted molar refractivity (Wildman–Crippen MR) is 85.7 cm³/mol. The highest BCUT2D eigenvalue weighted by Gasteiger charge is 2.11. The van der Waals surface area contributed by atoms with Gasteiger partial charge in [0, 0.05) is 22.3 Å². The average Bonchev–Trinajstić information content (AvgIpc) is 2.44. The summed E-state index contributed by atoms with van der Waals surface area (Å²) in [5, 5.41) is 2.85. The first-order chi connectivity index (χ1) is 9.97. The predicted octanol–water partition coefficient (Wildman–Crippen LogP) is 3.45. The Bertz CT molecular complexity index is 656. The molecule has 0 aromatic heterocycles. The maximum Gasteiger partial charge on any atom is 0.251 e. The number of nitrogens with two attached hydrogens (primary N) is 1. The average molecular weight is 351 g/mol. The number of nitrogen functional groups attached to an aromatic ring is 1. The van der Waals surface area contributed by atoms with E-state index in [2.05, 4.69) is 21.2 Å². The highest BCUT2D eigenvalue weighted by atomic mass is 79.9. The lowest BCUT2D eigenvalue weighted by atomic mass is 10.1. The van der Waals surface area contributed by atoms with Crippen molar-refractivity contribution in [1.82, 2.24) is 5.32 Å². The SMILES string of the molecule is Cc1c(N)cc(Br)cc1C(=O)NCCc1ccc(F)cc1. The van der Waals surface area contributed by atoms with Crippen molar-refractivity contribution >= 4 is 27.5 Å². The van der Waals surface area contributed by atoms with Gasteiger partial charge in [-0.3, -0.25) is 4.79 Å². The third kappa shape index (κ3) is 4.04. The van der Waals surface area contributed by atoms with E-state index >= 15 is 0 Å². The standard InChI is InChI=1S/C16H16BrFN2O/c1-10-14(8-12(17)9-15(10)19)16(21)20-7-6-11-2-4-13(18)5-3-11/h2-5,8-9H,6-7,19H2,1H3,(H,20,21). The second-order valence-electron chi connectivity index (χ2n) is 4.80. The van der Waals surface area contributed by atoms with E-state index in [4.69, 9.17) is 5.73 Å². The molecular weight excluding hydrogens is 335 g/mol. The minimum Gasteiger partial charge on any atom is -0.398 e. The zero-order chi connectivity index (χ0) is 15.4. The summed E-state index contributed by atoms with van der Waals surface area (Å²) in [4.78, 5) is 12.2. The lowest BCUT2D eigenvalue weighted by Crippen LogP contribution is -2.26. The number of carbonyl (C=O) groups excluding carboxylic acids is 1. The fraction of sp³-hybridized carbons (Fsp3) is 0.188. The lowest BCUT2D eigenvalue weighted by molar-refractivity contribution is 0.0953. The van der Waals surface area contributed by atoms with Gasteiger partial charge in [-0.25, -0.2) is 4.39 Å². The molecule has 0 radical (unpaired) electrons. The van der Waals surface area contributed by atoms with Crippen molar-refractivity contribution in [3.63, 3.8) is 0 Å². The Kier molecular flexibility index (Phi) is 4.96. The number of halogens is 2. The van der Waals surface area contributed by atoms with Crippen LogP contribution < -0.4 is 11.1 Å². The van der Waals surface area contributed by atoms with Crippen LogP contribution in [0.2, 0.25) is 0 Å². The number of carbonyl (C=O) groups is 1. The maximum absolute atomic E-state index is 12.8. The van der Waals surface area contributed by atoms with Crippen LogP contribution in [0.4, 0.5) is 10.1 Å². The van der Waals surface area contributed by atoms with Crippen LogP contribution in [0.1, 0.15) is 21.5 Å². The minimum atomic E-state index is -0.261. The van der Waals surface area contributed by atoms with Gasteiger partial charge in [0.2, 0.25) is 0 Å². The summed E-state index contributed by atoms with van der Waals surface area (Å²) in [5.41, 5.74) is 8.72. The smallest absolute Gasteiger partial charge is 0.251 e. The third-order valence-electron chi connectivity index (χ3n) is 3.27. The molecule has 0 unspecified atom stereocenters. The van der Waals surface area contributed by atoms with Crippen LogP contribution >= 0.6 is 15.9 Å². The molecule has 0 saturated heterocycles. The van der Waals surface area contributed by atoms with Gasteiger partial charge in [0.15, 0.2) is 0 Å². The van der Waals surface area contributed by atoms with Crippen LogP contribution in [-0.2, 0) is 6.42 Å². The molecule has 0 aliphatic heterocycles. The zero-order valence-electron chi connectivity index (χ0n) is 11.6. The van der Waals surface area contributed by atoms with Gasteiger partial charge in [0.1, 0.15) is 5.82 Å². The van der Waals surface area contributed by atoms with E-state index in [1.807, 2.05) is 6.92 Å². The first-order valence-corrected chi connectivity index (χ1v) is 7.35. The van der Waals surface area contributed by atoms with Crippen LogP contribution in [0.25, 0.3) is 0 Å². The third-order valence-corrected chi connectivity index (χ3v) is 3.73. The number of anilines is 1. The molecule has 0 bridgehead atoms. The van der Waals surface area contributed by atoms with Gasteiger partial charge < -0.3 is 11.1 Å². The second kappa shape index (κ2) is 6.72. The van der Waals surface area contributed by atoms with Crippen LogP contribution in [0.5, 0.6) is 0 Å². The summed E-state index contributed by atoms with van der Waals surface area (Å²) in [6.07, 6.45) is 0.647. The molecule has 0 aliphatic carbocycles. The van der Waals surface area contributed by atoms with Gasteiger partial charge in [0.05, 0.1) is 0 Å². The lowest BCUT2D eigenvalue weighted by Gasteiger charge is -2.10. The molecule has 0 heterocycles. The Labute approximate surface area is 131 Å². The Morgan fingerprint density at radius 3 is 2.62 bits per heavy atom. The number of hydrogen-bond acceptors (Lipinski definition) is 2. The Balaban J connectivity index is 1.97. The molecule has 0 saturated carbocycles. The van der Waals surface area contributed by atoms with Gasteiger partial charge in [-0.1, -0.05) is 28.1 Å². The Morgan fingerprint density at radius 2 is 1.95 bits per heavy atom. The molecule has 110 valence electrons. The molecule has 3 N–H and O–H groups in total. The number of hydrogen-bond donors (Lipinski definition) is 2. The van der Waals surface area contributed by atoms with E-state index in [9.17, 15) is 9.18 Å². The van der Waals surface area contributed by atoms with Gasteiger partial charge in [-0.15, -0.1) is 0 Å². The van der Waals surface area contributed by atoms with E-state index < -0.39 is 0 Å². The summed E-state index contributed by atoms with van der Waals surface area (Å²) in [6, 6.07) is 9.77. The van der Waals surface area contributed by atoms with Gasteiger partial charge in [-0.05, 0) is 48.7 Å². The van der Waals surface area contributed by atoms with Crippen molar-refractivity contribution < 1.29 is 9.18 Å². The van der Waals surface area contributed by atoms with E-state index in [1.54, 1.807) is 24.3 Å². The normalized spacial score (nSPS) is 10.4. The zero-order valence-corrected chi connectivity index (χ0v) is 13.2. The summed E-state index contributed by atoms with van der Waals surface area (Å²) >= 11 is 3.33. The quantitative estimate of drug-likeness (QED) is 0.829. The topological polar surface area (TPSA) is 55.1 Å². The van der Waals surface area contributed by atoms with Crippen molar-refractivity contribution in [1.29, 1.82) is 0 Å². The highest BCUT2D eigenvalue weighted by Crippen LogP contribution is 2.22. The van der Waals surface area contributed by atoms with Gasteiger partial charge in [0.25, 0.3) is 5.91 Å². The van der Waals surface area contributed by atoms with Crippen LogP contribution in [0.3, 0.4) is 0 Å². The van der Waals surface area contributed by atoms with E-state index in [-0.39, 0.29) is 11.7 Å². The number of rotatable bonds is 4. The summed E-state index contributed by atoms with van der Waals surface area (Å²) in [7, 11) is 0.